The number of halogens is 5. The van der Waals surface area contributed by atoms with Gasteiger partial charge in [0.2, 0.25) is 0 Å². The number of carbonyl (C=O) groups excluding carboxylic acids is 2. The molecule has 186 valence electrons. The predicted octanol–water partition coefficient (Wildman–Crippen LogP) is 2.55. The van der Waals surface area contributed by atoms with Crippen LogP contribution >= 0.6 is 11.6 Å². The molecule has 3 aliphatic rings. The quantitative estimate of drug-likeness (QED) is 0.600. The fourth-order valence-corrected chi connectivity index (χ4v) is 4.77. The van der Waals surface area contributed by atoms with E-state index in [4.69, 9.17) is 16.4 Å². The third-order valence-electron chi connectivity index (χ3n) is 6.39. The SMILES string of the molecule is CN1OC(CO)CN2N=C3CCN(C(=O)Nc4cc(Cl)c(F)c(C(F)(F)F)c4)CC3C2(C)C1=O. The number of nitrogens with one attached hydrogen (secondary N) is 1. The van der Waals surface area contributed by atoms with Gasteiger partial charge in [-0.25, -0.2) is 14.2 Å². The Morgan fingerprint density at radius 2 is 2.09 bits per heavy atom. The van der Waals surface area contributed by atoms with Crippen LogP contribution in [0.3, 0.4) is 0 Å². The van der Waals surface area contributed by atoms with Crippen LogP contribution in [0.4, 0.5) is 28.0 Å². The molecule has 0 spiro atoms. The van der Waals surface area contributed by atoms with E-state index in [0.717, 1.165) is 11.1 Å². The van der Waals surface area contributed by atoms with Crippen LogP contribution < -0.4 is 5.32 Å². The van der Waals surface area contributed by atoms with Crippen molar-refractivity contribution in [1.29, 1.82) is 0 Å². The van der Waals surface area contributed by atoms with Gasteiger partial charge in [-0.1, -0.05) is 11.6 Å². The predicted molar refractivity (Wildman–Crippen MR) is 112 cm³/mol. The Bertz CT molecular complexity index is 1050. The molecule has 3 unspecified atom stereocenters. The van der Waals surface area contributed by atoms with E-state index in [-0.39, 0.29) is 31.9 Å². The van der Waals surface area contributed by atoms with Gasteiger partial charge in [-0.15, -0.1) is 0 Å². The van der Waals surface area contributed by atoms with Crippen molar-refractivity contribution in [3.63, 3.8) is 0 Å². The first-order valence-corrected chi connectivity index (χ1v) is 10.8. The Balaban J connectivity index is 1.55. The lowest BCUT2D eigenvalue weighted by molar-refractivity contribution is -0.198. The zero-order chi connectivity index (χ0) is 25.0. The number of piperidine rings is 1. The first-order valence-electron chi connectivity index (χ1n) is 10.4. The van der Waals surface area contributed by atoms with Gasteiger partial charge in [0.15, 0.2) is 5.82 Å². The largest absolute Gasteiger partial charge is 0.419 e. The number of hydrogen-bond donors (Lipinski definition) is 2. The normalized spacial score (nSPS) is 27.2. The van der Waals surface area contributed by atoms with Crippen LogP contribution in [0.5, 0.6) is 0 Å². The highest BCUT2D eigenvalue weighted by Gasteiger charge is 2.57. The van der Waals surface area contributed by atoms with Crippen molar-refractivity contribution in [3.8, 4) is 0 Å². The molecule has 2 N–H and O–H groups in total. The lowest BCUT2D eigenvalue weighted by Crippen LogP contribution is -2.60. The number of aliphatic hydroxyl groups excluding tert-OH is 1. The number of hydrazone groups is 1. The molecule has 0 aliphatic carbocycles. The summed E-state index contributed by atoms with van der Waals surface area (Å²) >= 11 is 5.60. The summed E-state index contributed by atoms with van der Waals surface area (Å²) in [4.78, 5) is 32.9. The van der Waals surface area contributed by atoms with Crippen LogP contribution in [0.1, 0.15) is 18.9 Å². The van der Waals surface area contributed by atoms with Gasteiger partial charge in [-0.2, -0.15) is 18.3 Å². The zero-order valence-corrected chi connectivity index (χ0v) is 19.0. The van der Waals surface area contributed by atoms with Gasteiger partial charge in [-0.3, -0.25) is 14.6 Å². The van der Waals surface area contributed by atoms with E-state index in [9.17, 15) is 32.3 Å². The third kappa shape index (κ3) is 4.05. The number of nitrogens with zero attached hydrogens (tertiary/aromatic N) is 4. The van der Waals surface area contributed by atoms with E-state index in [1.165, 1.54) is 11.9 Å². The third-order valence-corrected chi connectivity index (χ3v) is 6.66. The summed E-state index contributed by atoms with van der Waals surface area (Å²) in [5.41, 5.74) is -2.38. The van der Waals surface area contributed by atoms with Crippen molar-refractivity contribution in [2.24, 2.45) is 11.0 Å². The number of amides is 3. The average molecular weight is 508 g/mol. The molecule has 0 bridgehead atoms. The second-order valence-corrected chi connectivity index (χ2v) is 8.94. The van der Waals surface area contributed by atoms with Gasteiger partial charge >= 0.3 is 12.2 Å². The molecule has 4 rings (SSSR count). The molecule has 3 atom stereocenters. The summed E-state index contributed by atoms with van der Waals surface area (Å²) in [5.74, 6) is -2.54. The first-order chi connectivity index (χ1) is 15.9. The highest BCUT2D eigenvalue weighted by molar-refractivity contribution is 6.31. The molecule has 2 fully saturated rings. The highest BCUT2D eigenvalue weighted by atomic mass is 35.5. The molecule has 3 aliphatic heterocycles. The van der Waals surface area contributed by atoms with Crippen molar-refractivity contribution in [2.75, 3.05) is 38.6 Å². The van der Waals surface area contributed by atoms with Crippen molar-refractivity contribution in [3.05, 3.63) is 28.5 Å². The van der Waals surface area contributed by atoms with Crippen LogP contribution in [0.25, 0.3) is 0 Å². The number of rotatable bonds is 2. The minimum atomic E-state index is -4.99. The molecule has 1 aromatic rings. The molecule has 3 amide bonds. The topological polar surface area (TPSA) is 97.7 Å². The lowest BCUT2D eigenvalue weighted by Gasteiger charge is -2.40. The van der Waals surface area contributed by atoms with E-state index in [1.807, 2.05) is 0 Å². The van der Waals surface area contributed by atoms with Gasteiger partial charge in [-0.05, 0) is 19.1 Å². The molecule has 0 aromatic heterocycles. The van der Waals surface area contributed by atoms with Gasteiger partial charge in [0, 0.05) is 38.0 Å². The summed E-state index contributed by atoms with van der Waals surface area (Å²) in [6, 6.07) is 0.649. The maximum atomic E-state index is 13.8. The molecule has 1 aromatic carbocycles. The first kappa shape index (κ1) is 24.5. The Morgan fingerprint density at radius 1 is 1.38 bits per heavy atom. The van der Waals surface area contributed by atoms with E-state index < -0.39 is 52.1 Å². The van der Waals surface area contributed by atoms with E-state index in [2.05, 4.69) is 10.4 Å². The highest BCUT2D eigenvalue weighted by Crippen LogP contribution is 2.40. The number of benzene rings is 1. The van der Waals surface area contributed by atoms with Crippen LogP contribution in [0.2, 0.25) is 5.02 Å². The monoisotopic (exact) mass is 507 g/mol. The smallest absolute Gasteiger partial charge is 0.393 e. The van der Waals surface area contributed by atoms with Crippen LogP contribution in [-0.2, 0) is 15.8 Å². The fraction of sp³-hybridized carbons (Fsp3) is 0.550. The maximum absolute atomic E-state index is 13.8. The number of urea groups is 1. The van der Waals surface area contributed by atoms with Crippen LogP contribution in [0.15, 0.2) is 17.2 Å². The molecule has 14 heteroatoms. The number of hydrogen-bond acceptors (Lipinski definition) is 6. The fourth-order valence-electron chi connectivity index (χ4n) is 4.55. The van der Waals surface area contributed by atoms with Crippen LogP contribution in [0, 0.1) is 11.7 Å². The zero-order valence-electron chi connectivity index (χ0n) is 18.2. The molecule has 2 saturated heterocycles. The number of aliphatic hydroxyl groups is 1. The van der Waals surface area contributed by atoms with E-state index in [0.29, 0.717) is 18.2 Å². The molecule has 34 heavy (non-hydrogen) atoms. The van der Waals surface area contributed by atoms with E-state index >= 15 is 0 Å². The number of anilines is 1. The number of alkyl halides is 3. The Labute approximate surface area is 196 Å². The second kappa shape index (κ2) is 8.54. The number of carbonyl (C=O) groups is 2. The Morgan fingerprint density at radius 3 is 2.74 bits per heavy atom. The van der Waals surface area contributed by atoms with Gasteiger partial charge < -0.3 is 15.3 Å². The van der Waals surface area contributed by atoms with Crippen molar-refractivity contribution < 1.29 is 37.1 Å². The minimum Gasteiger partial charge on any atom is -0.393 e. The molecule has 0 radical (unpaired) electrons. The van der Waals surface area contributed by atoms with Crippen molar-refractivity contribution >= 4 is 34.9 Å². The van der Waals surface area contributed by atoms with Crippen molar-refractivity contribution in [1.82, 2.24) is 15.0 Å². The Kier molecular flexibility index (Phi) is 6.15. The number of hydroxylamine groups is 2. The maximum Gasteiger partial charge on any atom is 0.419 e. The lowest BCUT2D eigenvalue weighted by atomic mass is 9.79. The molecule has 9 nitrogen and oxygen atoms in total. The van der Waals surface area contributed by atoms with Gasteiger partial charge in [0.25, 0.3) is 5.91 Å². The number of fused-ring (bicyclic) bond motifs is 3. The molecule has 3 heterocycles. The van der Waals surface area contributed by atoms with Gasteiger partial charge in [0.1, 0.15) is 11.6 Å². The summed E-state index contributed by atoms with van der Waals surface area (Å²) < 4.78 is 53.1. The average Bonchev–Trinajstić information content (AvgIpc) is 3.01. The number of likely N-dealkylation sites (N-methyl/N-ethyl adjacent to an activating group) is 1. The molecule has 0 saturated carbocycles. The molecular formula is C20H22ClF4N5O4. The summed E-state index contributed by atoms with van der Waals surface area (Å²) in [6.07, 6.45) is -5.33. The van der Waals surface area contributed by atoms with E-state index in [1.54, 1.807) is 11.9 Å². The van der Waals surface area contributed by atoms with Gasteiger partial charge in [0.05, 0.1) is 29.7 Å². The van der Waals surface area contributed by atoms with Crippen molar-refractivity contribution in [2.45, 2.75) is 31.2 Å². The minimum absolute atomic E-state index is 0.0576. The summed E-state index contributed by atoms with van der Waals surface area (Å²) in [7, 11) is 1.43. The Hall–Kier alpha value is -2.64. The van der Waals surface area contributed by atoms with Crippen LogP contribution in [-0.4, -0.2) is 82.7 Å². The summed E-state index contributed by atoms with van der Waals surface area (Å²) in [5, 5.41) is 18.3. The second-order valence-electron chi connectivity index (χ2n) is 8.53. The number of likely N-dealkylation sites (tertiary alicyclic amines) is 1. The molecular weight excluding hydrogens is 486 g/mol. The summed E-state index contributed by atoms with van der Waals surface area (Å²) in [6.45, 7) is 1.77. The standard InChI is InChI=1S/C20H22ClF4N5O4/c1-19-13-8-29(18(33)26-10-5-12(20(23,24)25)16(22)14(21)6-10)4-3-15(13)27-30(19)7-11(9-31)34-28(2)17(19)32/h5-6,11,13,31H,3-4,7-9H2,1-2H3,(H,26,33).